The third-order valence-electron chi connectivity index (χ3n) is 2.80. The summed E-state index contributed by atoms with van der Waals surface area (Å²) in [7, 11) is 0. The van der Waals surface area contributed by atoms with Crippen molar-refractivity contribution in [3.63, 3.8) is 0 Å². The topological polar surface area (TPSA) is 34.1 Å². The van der Waals surface area contributed by atoms with Gasteiger partial charge in [0.05, 0.1) is 0 Å². The van der Waals surface area contributed by atoms with Crippen molar-refractivity contribution in [2.75, 3.05) is 19.8 Å². The lowest BCUT2D eigenvalue weighted by atomic mass is 10.1. The molecule has 1 rings (SSSR count). The molecule has 0 amide bonds. The van der Waals surface area contributed by atoms with Gasteiger partial charge in [-0.15, -0.1) is 0 Å². The number of nitrogens with one attached hydrogen (secondary N) is 1. The summed E-state index contributed by atoms with van der Waals surface area (Å²) < 4.78 is 41.6. The monoisotopic (exact) mass is 368 g/mol. The SMILES string of the molecule is CCCNC(CCOCC(F)(F)F)Cc1ccc(Br)cn1. The first kappa shape index (κ1) is 18.4. The molecular formula is C14H20BrF3N2O. The molecular weight excluding hydrogens is 349 g/mol. The van der Waals surface area contributed by atoms with Crippen LogP contribution in [0, 0.1) is 0 Å². The molecule has 3 nitrogen and oxygen atoms in total. The number of aromatic nitrogens is 1. The second-order valence-electron chi connectivity index (χ2n) is 4.78. The van der Waals surface area contributed by atoms with Gasteiger partial charge in [-0.3, -0.25) is 4.98 Å². The van der Waals surface area contributed by atoms with Crippen LogP contribution in [0.2, 0.25) is 0 Å². The van der Waals surface area contributed by atoms with Crippen molar-refractivity contribution in [3.8, 4) is 0 Å². The van der Waals surface area contributed by atoms with Crippen molar-refractivity contribution >= 4 is 15.9 Å². The normalized spacial score (nSPS) is 13.4. The van der Waals surface area contributed by atoms with Gasteiger partial charge in [0.25, 0.3) is 0 Å². The molecule has 1 aromatic heterocycles. The maximum absolute atomic E-state index is 12.0. The quantitative estimate of drug-likeness (QED) is 0.674. The van der Waals surface area contributed by atoms with Crippen LogP contribution in [0.25, 0.3) is 0 Å². The van der Waals surface area contributed by atoms with E-state index in [9.17, 15) is 13.2 Å². The van der Waals surface area contributed by atoms with E-state index in [1.807, 2.05) is 19.1 Å². The highest BCUT2D eigenvalue weighted by Gasteiger charge is 2.27. The first-order chi connectivity index (χ1) is 9.90. The van der Waals surface area contributed by atoms with Crippen molar-refractivity contribution < 1.29 is 17.9 Å². The number of halogens is 4. The van der Waals surface area contributed by atoms with E-state index in [1.165, 1.54) is 0 Å². The minimum absolute atomic E-state index is 0.0619. The zero-order valence-electron chi connectivity index (χ0n) is 11.9. The van der Waals surface area contributed by atoms with E-state index in [4.69, 9.17) is 0 Å². The summed E-state index contributed by atoms with van der Waals surface area (Å²) in [6, 6.07) is 3.87. The Balaban J connectivity index is 2.41. The van der Waals surface area contributed by atoms with E-state index in [1.54, 1.807) is 6.20 Å². The maximum Gasteiger partial charge on any atom is 0.411 e. The molecule has 1 heterocycles. The lowest BCUT2D eigenvalue weighted by Gasteiger charge is -2.18. The van der Waals surface area contributed by atoms with Crippen LogP contribution in [0.1, 0.15) is 25.5 Å². The standard InChI is InChI=1S/C14H20BrF3N2O/c1-2-6-19-13(5-7-21-10-14(16,17)18)8-12-4-3-11(15)9-20-12/h3-4,9,13,19H,2,5-8,10H2,1H3. The Kier molecular flexibility index (Phi) is 8.21. The Morgan fingerprint density at radius 2 is 2.14 bits per heavy atom. The Bertz CT molecular complexity index is 398. The highest BCUT2D eigenvalue weighted by atomic mass is 79.9. The summed E-state index contributed by atoms with van der Waals surface area (Å²) in [6.07, 6.45) is -0.393. The summed E-state index contributed by atoms with van der Waals surface area (Å²) in [4.78, 5) is 4.29. The van der Waals surface area contributed by atoms with Crippen LogP contribution in [-0.4, -0.2) is 37.0 Å². The molecule has 120 valence electrons. The van der Waals surface area contributed by atoms with Gasteiger partial charge in [-0.05, 0) is 47.4 Å². The van der Waals surface area contributed by atoms with Crippen LogP contribution in [0.15, 0.2) is 22.8 Å². The van der Waals surface area contributed by atoms with Gasteiger partial charge in [0.2, 0.25) is 0 Å². The predicted molar refractivity (Wildman–Crippen MR) is 79.2 cm³/mol. The predicted octanol–water partition coefficient (Wildman–Crippen LogP) is 3.72. The summed E-state index contributed by atoms with van der Waals surface area (Å²) in [5.41, 5.74) is 0.905. The zero-order valence-corrected chi connectivity index (χ0v) is 13.5. The molecule has 0 aliphatic carbocycles. The highest BCUT2D eigenvalue weighted by Crippen LogP contribution is 2.15. The number of pyridine rings is 1. The van der Waals surface area contributed by atoms with E-state index < -0.39 is 12.8 Å². The van der Waals surface area contributed by atoms with Crippen LogP contribution in [0.4, 0.5) is 13.2 Å². The fraction of sp³-hybridized carbons (Fsp3) is 0.643. The highest BCUT2D eigenvalue weighted by molar-refractivity contribution is 9.10. The summed E-state index contributed by atoms with van der Waals surface area (Å²) in [5.74, 6) is 0. The second-order valence-corrected chi connectivity index (χ2v) is 5.70. The fourth-order valence-electron chi connectivity index (χ4n) is 1.82. The minimum Gasteiger partial charge on any atom is -0.372 e. The number of nitrogens with zero attached hydrogens (tertiary/aromatic N) is 1. The zero-order chi connectivity index (χ0) is 15.7. The average molecular weight is 369 g/mol. The number of alkyl halides is 3. The maximum atomic E-state index is 12.0. The number of hydrogen-bond acceptors (Lipinski definition) is 3. The van der Waals surface area contributed by atoms with Crippen LogP contribution in [0.5, 0.6) is 0 Å². The Morgan fingerprint density at radius 3 is 2.71 bits per heavy atom. The van der Waals surface area contributed by atoms with Crippen LogP contribution < -0.4 is 5.32 Å². The van der Waals surface area contributed by atoms with Gasteiger partial charge in [-0.1, -0.05) is 6.92 Å². The Morgan fingerprint density at radius 1 is 1.38 bits per heavy atom. The van der Waals surface area contributed by atoms with Gasteiger partial charge < -0.3 is 10.1 Å². The van der Waals surface area contributed by atoms with Gasteiger partial charge in [0.15, 0.2) is 0 Å². The van der Waals surface area contributed by atoms with Crippen molar-refractivity contribution in [1.29, 1.82) is 0 Å². The van der Waals surface area contributed by atoms with E-state index in [0.717, 1.165) is 23.1 Å². The van der Waals surface area contributed by atoms with Crippen molar-refractivity contribution in [3.05, 3.63) is 28.5 Å². The molecule has 1 unspecified atom stereocenters. The summed E-state index contributed by atoms with van der Waals surface area (Å²) in [6.45, 7) is 1.75. The lowest BCUT2D eigenvalue weighted by molar-refractivity contribution is -0.174. The fourth-order valence-corrected chi connectivity index (χ4v) is 2.05. The van der Waals surface area contributed by atoms with Crippen molar-refractivity contribution in [2.24, 2.45) is 0 Å². The summed E-state index contributed by atoms with van der Waals surface area (Å²) in [5, 5.41) is 3.32. The third-order valence-corrected chi connectivity index (χ3v) is 3.27. The second kappa shape index (κ2) is 9.38. The first-order valence-electron chi connectivity index (χ1n) is 6.89. The van der Waals surface area contributed by atoms with E-state index in [0.29, 0.717) is 12.8 Å². The Labute approximate surface area is 131 Å². The van der Waals surface area contributed by atoms with Crippen LogP contribution in [-0.2, 0) is 11.2 Å². The van der Waals surface area contributed by atoms with Gasteiger partial charge in [0, 0.05) is 35.4 Å². The molecule has 1 N–H and O–H groups in total. The van der Waals surface area contributed by atoms with E-state index >= 15 is 0 Å². The molecule has 0 aromatic carbocycles. The molecule has 1 atom stereocenters. The molecule has 0 spiro atoms. The van der Waals surface area contributed by atoms with Crippen molar-refractivity contribution in [2.45, 2.75) is 38.4 Å². The smallest absolute Gasteiger partial charge is 0.372 e. The average Bonchev–Trinajstić information content (AvgIpc) is 2.42. The third kappa shape index (κ3) is 9.06. The minimum atomic E-state index is -4.26. The van der Waals surface area contributed by atoms with Gasteiger partial charge in [-0.25, -0.2) is 0 Å². The molecule has 7 heteroatoms. The van der Waals surface area contributed by atoms with Gasteiger partial charge in [0.1, 0.15) is 6.61 Å². The molecule has 0 bridgehead atoms. The van der Waals surface area contributed by atoms with E-state index in [-0.39, 0.29) is 12.6 Å². The van der Waals surface area contributed by atoms with E-state index in [2.05, 4.69) is 31.0 Å². The first-order valence-corrected chi connectivity index (χ1v) is 7.68. The van der Waals surface area contributed by atoms with Gasteiger partial charge >= 0.3 is 6.18 Å². The number of rotatable bonds is 9. The molecule has 0 aliphatic rings. The molecule has 0 fully saturated rings. The van der Waals surface area contributed by atoms with Crippen LogP contribution >= 0.6 is 15.9 Å². The molecule has 0 saturated heterocycles. The molecule has 21 heavy (non-hydrogen) atoms. The largest absolute Gasteiger partial charge is 0.411 e. The summed E-state index contributed by atoms with van der Waals surface area (Å²) >= 11 is 3.32. The number of hydrogen-bond donors (Lipinski definition) is 1. The van der Waals surface area contributed by atoms with Crippen molar-refractivity contribution in [1.82, 2.24) is 10.3 Å². The molecule has 0 saturated carbocycles. The number of ether oxygens (including phenoxy) is 1. The molecule has 0 radical (unpaired) electrons. The molecule has 1 aromatic rings. The molecule has 0 aliphatic heterocycles. The Hall–Kier alpha value is -0.660. The van der Waals surface area contributed by atoms with Gasteiger partial charge in [-0.2, -0.15) is 13.2 Å². The lowest BCUT2D eigenvalue weighted by Crippen LogP contribution is -2.33. The van der Waals surface area contributed by atoms with Crippen LogP contribution in [0.3, 0.4) is 0 Å².